The van der Waals surface area contributed by atoms with Crippen molar-refractivity contribution in [2.24, 2.45) is 0 Å². The van der Waals surface area contributed by atoms with Crippen LogP contribution in [0.2, 0.25) is 0 Å². The number of hydrogen-bond donors (Lipinski definition) is 0. The zero-order valence-corrected chi connectivity index (χ0v) is 12.7. The van der Waals surface area contributed by atoms with E-state index >= 15 is 0 Å². The Balaban J connectivity index is 0.00000108. The number of benzene rings is 1. The largest absolute Gasteiger partial charge is 0.309 e. The van der Waals surface area contributed by atoms with Crippen molar-refractivity contribution in [3.8, 4) is 21.7 Å². The van der Waals surface area contributed by atoms with Gasteiger partial charge in [0.25, 0.3) is 0 Å². The SMILES string of the molecule is [Ir].[c-]1csc(-c2ccccc2)c1-c1cscn1. The molecule has 0 aliphatic heterocycles. The average molecular weight is 435 g/mol. The maximum atomic E-state index is 4.34. The first-order chi connectivity index (χ1) is 7.95. The summed E-state index contributed by atoms with van der Waals surface area (Å²) in [6, 6.07) is 13.7. The number of thiophene rings is 1. The Bertz CT molecular complexity index is 573. The third-order valence-corrected chi connectivity index (χ3v) is 3.83. The third kappa shape index (κ3) is 2.55. The van der Waals surface area contributed by atoms with Gasteiger partial charge in [0.1, 0.15) is 0 Å². The van der Waals surface area contributed by atoms with E-state index in [-0.39, 0.29) is 20.1 Å². The maximum absolute atomic E-state index is 4.34. The van der Waals surface area contributed by atoms with Crippen molar-refractivity contribution in [1.29, 1.82) is 0 Å². The Morgan fingerprint density at radius 3 is 2.65 bits per heavy atom. The normalized spacial score (nSPS) is 9.88. The minimum Gasteiger partial charge on any atom is -0.309 e. The van der Waals surface area contributed by atoms with Crippen LogP contribution >= 0.6 is 22.7 Å². The van der Waals surface area contributed by atoms with Crippen molar-refractivity contribution in [1.82, 2.24) is 4.98 Å². The monoisotopic (exact) mass is 435 g/mol. The smallest absolute Gasteiger partial charge is 0.0639 e. The summed E-state index contributed by atoms with van der Waals surface area (Å²) in [4.78, 5) is 5.58. The Hall–Kier alpha value is -0.801. The first kappa shape index (κ1) is 12.7. The molecule has 2 heterocycles. The molecular formula is C13H8IrNS2-. The second-order valence-corrected chi connectivity index (χ2v) is 4.92. The van der Waals surface area contributed by atoms with E-state index in [1.54, 1.807) is 22.7 Å². The van der Waals surface area contributed by atoms with E-state index in [9.17, 15) is 0 Å². The molecule has 0 aliphatic carbocycles. The van der Waals surface area contributed by atoms with Gasteiger partial charge < -0.3 is 4.98 Å². The van der Waals surface area contributed by atoms with Gasteiger partial charge in [-0.25, -0.2) is 11.3 Å². The fourth-order valence-electron chi connectivity index (χ4n) is 1.60. The molecular weight excluding hydrogens is 427 g/mol. The molecule has 4 heteroatoms. The van der Waals surface area contributed by atoms with Crippen molar-refractivity contribution >= 4 is 22.7 Å². The van der Waals surface area contributed by atoms with Gasteiger partial charge in [-0.05, 0) is 11.1 Å². The second-order valence-electron chi connectivity index (χ2n) is 3.32. The number of nitrogens with zero attached hydrogens (tertiary/aromatic N) is 1. The molecule has 17 heavy (non-hydrogen) atoms. The summed E-state index contributed by atoms with van der Waals surface area (Å²) >= 11 is 3.33. The van der Waals surface area contributed by atoms with E-state index in [1.165, 1.54) is 10.4 Å². The summed E-state index contributed by atoms with van der Waals surface area (Å²) in [6.45, 7) is 0. The van der Waals surface area contributed by atoms with E-state index in [0.717, 1.165) is 11.3 Å². The van der Waals surface area contributed by atoms with Crippen LogP contribution in [0.3, 0.4) is 0 Å². The Morgan fingerprint density at radius 2 is 1.94 bits per heavy atom. The van der Waals surface area contributed by atoms with E-state index < -0.39 is 0 Å². The molecule has 0 saturated heterocycles. The molecule has 2 aromatic heterocycles. The molecule has 0 saturated carbocycles. The molecule has 3 aromatic rings. The van der Waals surface area contributed by atoms with Gasteiger partial charge in [0, 0.05) is 20.1 Å². The summed E-state index contributed by atoms with van der Waals surface area (Å²) in [6.07, 6.45) is 0. The van der Waals surface area contributed by atoms with E-state index in [0.29, 0.717) is 0 Å². The molecule has 0 amide bonds. The number of aromatic nitrogens is 1. The number of rotatable bonds is 2. The third-order valence-electron chi connectivity index (χ3n) is 2.33. The molecule has 0 atom stereocenters. The molecule has 0 aliphatic rings. The van der Waals surface area contributed by atoms with E-state index in [1.807, 2.05) is 17.0 Å². The van der Waals surface area contributed by atoms with Crippen LogP contribution in [0.4, 0.5) is 0 Å². The number of hydrogen-bond acceptors (Lipinski definition) is 3. The van der Waals surface area contributed by atoms with Gasteiger partial charge in [-0.15, -0.1) is 16.9 Å². The molecule has 0 fully saturated rings. The van der Waals surface area contributed by atoms with Crippen molar-refractivity contribution in [3.05, 3.63) is 52.7 Å². The molecule has 3 rings (SSSR count). The summed E-state index contributed by atoms with van der Waals surface area (Å²) in [7, 11) is 0. The van der Waals surface area contributed by atoms with Gasteiger partial charge >= 0.3 is 0 Å². The summed E-state index contributed by atoms with van der Waals surface area (Å²) in [5, 5.41) is 4.06. The van der Waals surface area contributed by atoms with Crippen LogP contribution < -0.4 is 0 Å². The summed E-state index contributed by atoms with van der Waals surface area (Å²) in [5.74, 6) is 0. The first-order valence-electron chi connectivity index (χ1n) is 4.88. The predicted molar refractivity (Wildman–Crippen MR) is 69.7 cm³/mol. The van der Waals surface area contributed by atoms with Gasteiger partial charge in [-0.3, -0.25) is 0 Å². The van der Waals surface area contributed by atoms with Crippen LogP contribution in [0.5, 0.6) is 0 Å². The van der Waals surface area contributed by atoms with Crippen LogP contribution in [-0.2, 0) is 20.1 Å². The van der Waals surface area contributed by atoms with Gasteiger partial charge in [-0.1, -0.05) is 46.2 Å². The van der Waals surface area contributed by atoms with E-state index in [2.05, 4.69) is 40.7 Å². The van der Waals surface area contributed by atoms with Gasteiger partial charge in [0.2, 0.25) is 0 Å². The fourth-order valence-corrected chi connectivity index (χ4v) is 2.99. The summed E-state index contributed by atoms with van der Waals surface area (Å²) in [5.41, 5.74) is 5.22. The van der Waals surface area contributed by atoms with Crippen LogP contribution in [0.1, 0.15) is 0 Å². The number of thiazole rings is 1. The fraction of sp³-hybridized carbons (Fsp3) is 0. The van der Waals surface area contributed by atoms with E-state index in [4.69, 9.17) is 0 Å². The first-order valence-corrected chi connectivity index (χ1v) is 6.70. The zero-order chi connectivity index (χ0) is 10.8. The predicted octanol–water partition coefficient (Wildman–Crippen LogP) is 4.34. The molecule has 1 aromatic carbocycles. The summed E-state index contributed by atoms with van der Waals surface area (Å²) < 4.78 is 0. The molecule has 87 valence electrons. The van der Waals surface area contributed by atoms with Gasteiger partial charge in [-0.2, -0.15) is 6.07 Å². The van der Waals surface area contributed by atoms with Crippen LogP contribution in [0.15, 0.2) is 46.6 Å². The van der Waals surface area contributed by atoms with Crippen molar-refractivity contribution in [3.63, 3.8) is 0 Å². The Labute approximate surface area is 122 Å². The standard InChI is InChI=1S/C13H8NS2.Ir/c1-2-4-10(5-3-1)13-11(6-7-16-13)12-8-15-9-14-12;/h1-5,7-9H;/q-1;. The average Bonchev–Trinajstić information content (AvgIpc) is 3.01. The molecule has 0 N–H and O–H groups in total. The Kier molecular flexibility index (Phi) is 4.24. The quantitative estimate of drug-likeness (QED) is 0.547. The topological polar surface area (TPSA) is 12.9 Å². The van der Waals surface area contributed by atoms with Crippen molar-refractivity contribution in [2.45, 2.75) is 0 Å². The van der Waals surface area contributed by atoms with Crippen LogP contribution in [-0.4, -0.2) is 4.98 Å². The second kappa shape index (κ2) is 5.69. The van der Waals surface area contributed by atoms with Crippen LogP contribution in [0.25, 0.3) is 21.7 Å². The van der Waals surface area contributed by atoms with Crippen LogP contribution in [0, 0.1) is 6.07 Å². The van der Waals surface area contributed by atoms with Gasteiger partial charge in [0.05, 0.1) is 5.51 Å². The molecule has 0 spiro atoms. The Morgan fingerprint density at radius 1 is 1.12 bits per heavy atom. The molecule has 0 unspecified atom stereocenters. The molecule has 1 radical (unpaired) electrons. The van der Waals surface area contributed by atoms with Crippen molar-refractivity contribution in [2.75, 3.05) is 0 Å². The maximum Gasteiger partial charge on any atom is 0.0639 e. The minimum atomic E-state index is 0. The van der Waals surface area contributed by atoms with Crippen molar-refractivity contribution < 1.29 is 20.1 Å². The molecule has 1 nitrogen and oxygen atoms in total. The molecule has 0 bridgehead atoms. The van der Waals surface area contributed by atoms with Gasteiger partial charge in [0.15, 0.2) is 0 Å². The zero-order valence-electron chi connectivity index (χ0n) is 8.72. The minimum absolute atomic E-state index is 0.